The maximum atomic E-state index is 12.7. The number of halogens is 7. The van der Waals surface area contributed by atoms with Crippen molar-refractivity contribution >= 4 is 27.9 Å². The van der Waals surface area contributed by atoms with Gasteiger partial charge in [-0.15, -0.1) is 0 Å². The van der Waals surface area contributed by atoms with Crippen LogP contribution < -0.4 is 4.74 Å². The predicted molar refractivity (Wildman–Crippen MR) is 135 cm³/mol. The molecule has 12 heteroatoms. The molecule has 0 aromatic heterocycles. The van der Waals surface area contributed by atoms with Crippen LogP contribution in [-0.2, 0) is 26.7 Å². The SMILES string of the molecule is CCOC(=O)CCCCCCBr.O=C(O)CCCCCCCCOc1cc(C(F)(F)F)cc(C(F)(F)F)c1. The Hall–Kier alpha value is -1.98. The molecule has 0 fully saturated rings. The fourth-order valence-corrected chi connectivity index (χ4v) is 3.63. The van der Waals surface area contributed by atoms with E-state index in [-0.39, 0.29) is 25.1 Å². The summed E-state index contributed by atoms with van der Waals surface area (Å²) in [6, 6.07) is 1.17. The Morgan fingerprint density at radius 3 is 1.71 bits per heavy atom. The van der Waals surface area contributed by atoms with Crippen LogP contribution >= 0.6 is 15.9 Å². The van der Waals surface area contributed by atoms with Crippen LogP contribution in [0, 0.1) is 0 Å². The zero-order chi connectivity index (χ0) is 29.0. The average molecular weight is 623 g/mol. The quantitative estimate of drug-likeness (QED) is 0.0813. The topological polar surface area (TPSA) is 72.8 Å². The Morgan fingerprint density at radius 2 is 1.24 bits per heavy atom. The lowest BCUT2D eigenvalue weighted by Crippen LogP contribution is -2.11. The van der Waals surface area contributed by atoms with E-state index in [9.17, 15) is 35.9 Å². The molecule has 1 aromatic rings. The summed E-state index contributed by atoms with van der Waals surface area (Å²) in [6.45, 7) is 2.34. The molecule has 0 bridgehead atoms. The van der Waals surface area contributed by atoms with E-state index in [4.69, 9.17) is 14.6 Å². The fourth-order valence-electron chi connectivity index (χ4n) is 3.24. The molecule has 0 aliphatic heterocycles. The standard InChI is InChI=1S/C17H20F6O3.C9H17BrO2/c18-16(19,20)12-9-13(17(21,22)23)11-14(10-12)26-8-6-4-2-1-3-5-7-15(24)25;1-2-12-9(11)7-5-3-4-6-8-10/h9-11H,1-8H2,(H,24,25);2-8H2,1H3. The molecule has 0 aliphatic carbocycles. The molecule has 0 aliphatic rings. The highest BCUT2D eigenvalue weighted by molar-refractivity contribution is 9.09. The first kappa shape index (κ1) is 36.0. The maximum Gasteiger partial charge on any atom is 0.416 e. The highest BCUT2D eigenvalue weighted by Crippen LogP contribution is 2.38. The lowest BCUT2D eigenvalue weighted by Gasteiger charge is -2.14. The van der Waals surface area contributed by atoms with Gasteiger partial charge in [0.1, 0.15) is 5.75 Å². The highest BCUT2D eigenvalue weighted by atomic mass is 79.9. The summed E-state index contributed by atoms with van der Waals surface area (Å²) in [5.41, 5.74) is -2.80. The van der Waals surface area contributed by atoms with E-state index in [1.807, 2.05) is 6.92 Å². The number of carbonyl (C=O) groups is 2. The van der Waals surface area contributed by atoms with Crippen molar-refractivity contribution in [2.24, 2.45) is 0 Å². The number of benzene rings is 1. The van der Waals surface area contributed by atoms with Crippen molar-refractivity contribution in [3.63, 3.8) is 0 Å². The third kappa shape index (κ3) is 19.1. The molecule has 1 N–H and O–H groups in total. The molecule has 0 unspecified atom stereocenters. The largest absolute Gasteiger partial charge is 0.494 e. The summed E-state index contributed by atoms with van der Waals surface area (Å²) in [5.74, 6) is -1.37. The first-order valence-corrected chi connectivity index (χ1v) is 13.8. The second-order valence-electron chi connectivity index (χ2n) is 8.51. The van der Waals surface area contributed by atoms with Gasteiger partial charge in [0, 0.05) is 18.2 Å². The Balaban J connectivity index is 0.000000958. The van der Waals surface area contributed by atoms with Crippen molar-refractivity contribution < 1.29 is 50.5 Å². The van der Waals surface area contributed by atoms with Crippen LogP contribution in [-0.4, -0.2) is 35.6 Å². The minimum Gasteiger partial charge on any atom is -0.494 e. The first-order valence-electron chi connectivity index (χ1n) is 12.7. The Kier molecular flexibility index (Phi) is 19.0. The van der Waals surface area contributed by atoms with Crippen molar-refractivity contribution in [2.45, 2.75) is 96.3 Å². The molecule has 1 aromatic carbocycles. The molecule has 220 valence electrons. The molecular formula is C26H37BrF6O5. The summed E-state index contributed by atoms with van der Waals surface area (Å²) in [6.07, 6.45) is -0.486. The summed E-state index contributed by atoms with van der Waals surface area (Å²) in [4.78, 5) is 21.2. The molecule has 5 nitrogen and oxygen atoms in total. The molecule has 0 spiro atoms. The molecule has 38 heavy (non-hydrogen) atoms. The summed E-state index contributed by atoms with van der Waals surface area (Å²) in [5, 5.41) is 9.54. The van der Waals surface area contributed by atoms with Crippen LogP contribution in [0.2, 0.25) is 0 Å². The van der Waals surface area contributed by atoms with E-state index in [2.05, 4.69) is 15.9 Å². The smallest absolute Gasteiger partial charge is 0.416 e. The number of hydrogen-bond donors (Lipinski definition) is 1. The van der Waals surface area contributed by atoms with Gasteiger partial charge >= 0.3 is 24.3 Å². The molecular weight excluding hydrogens is 586 g/mol. The Labute approximate surface area is 228 Å². The Bertz CT molecular complexity index is 767. The number of carboxylic acids is 1. The van der Waals surface area contributed by atoms with Gasteiger partial charge in [0.25, 0.3) is 0 Å². The van der Waals surface area contributed by atoms with Gasteiger partial charge in [-0.3, -0.25) is 9.59 Å². The van der Waals surface area contributed by atoms with Crippen LogP contribution in [0.3, 0.4) is 0 Å². The number of carbonyl (C=O) groups excluding carboxylic acids is 1. The van der Waals surface area contributed by atoms with Gasteiger partial charge in [-0.25, -0.2) is 0 Å². The van der Waals surface area contributed by atoms with Crippen molar-refractivity contribution in [2.75, 3.05) is 18.5 Å². The van der Waals surface area contributed by atoms with E-state index in [1.54, 1.807) is 0 Å². The molecule has 0 atom stereocenters. The van der Waals surface area contributed by atoms with Gasteiger partial charge in [-0.05, 0) is 50.8 Å². The van der Waals surface area contributed by atoms with E-state index in [0.717, 1.165) is 37.4 Å². The fraction of sp³-hybridized carbons (Fsp3) is 0.692. The van der Waals surface area contributed by atoms with Crippen LogP contribution in [0.15, 0.2) is 18.2 Å². The van der Waals surface area contributed by atoms with E-state index < -0.39 is 35.2 Å². The number of hydrogen-bond acceptors (Lipinski definition) is 4. The van der Waals surface area contributed by atoms with Gasteiger partial charge in [0.2, 0.25) is 0 Å². The second kappa shape index (κ2) is 20.0. The van der Waals surface area contributed by atoms with E-state index >= 15 is 0 Å². The number of aliphatic carboxylic acids is 1. The number of rotatable bonds is 17. The molecule has 1 rings (SSSR count). The number of unbranched alkanes of at least 4 members (excludes halogenated alkanes) is 8. The summed E-state index contributed by atoms with van der Waals surface area (Å²) >= 11 is 3.36. The Morgan fingerprint density at radius 1 is 0.763 bits per heavy atom. The third-order valence-corrected chi connectivity index (χ3v) is 5.75. The minimum atomic E-state index is -4.89. The van der Waals surface area contributed by atoms with Gasteiger partial charge in [-0.1, -0.05) is 54.5 Å². The molecule has 0 heterocycles. The number of esters is 1. The van der Waals surface area contributed by atoms with Crippen molar-refractivity contribution in [3.05, 3.63) is 29.3 Å². The van der Waals surface area contributed by atoms with Crippen LogP contribution in [0.25, 0.3) is 0 Å². The average Bonchev–Trinajstić information content (AvgIpc) is 2.82. The lowest BCUT2D eigenvalue weighted by molar-refractivity contribution is -0.144. The predicted octanol–water partition coefficient (Wildman–Crippen LogP) is 8.81. The zero-order valence-corrected chi connectivity index (χ0v) is 23.2. The number of alkyl halides is 7. The first-order chi connectivity index (χ1) is 17.8. The maximum absolute atomic E-state index is 12.7. The minimum absolute atomic E-state index is 0.00767. The molecule has 0 saturated heterocycles. The second-order valence-corrected chi connectivity index (χ2v) is 9.31. The van der Waals surface area contributed by atoms with Gasteiger partial charge in [0.15, 0.2) is 0 Å². The summed E-state index contributed by atoms with van der Waals surface area (Å²) < 4.78 is 86.2. The highest BCUT2D eigenvalue weighted by Gasteiger charge is 2.37. The number of ether oxygens (including phenoxy) is 2. The lowest BCUT2D eigenvalue weighted by atomic mass is 10.1. The number of carboxylic acid groups (broad SMARTS) is 1. The van der Waals surface area contributed by atoms with Crippen LogP contribution in [0.4, 0.5) is 26.3 Å². The zero-order valence-electron chi connectivity index (χ0n) is 21.6. The summed E-state index contributed by atoms with van der Waals surface area (Å²) in [7, 11) is 0. The van der Waals surface area contributed by atoms with Gasteiger partial charge < -0.3 is 14.6 Å². The van der Waals surface area contributed by atoms with Crippen LogP contribution in [0.1, 0.15) is 95.1 Å². The monoisotopic (exact) mass is 622 g/mol. The van der Waals surface area contributed by atoms with Crippen molar-refractivity contribution in [1.29, 1.82) is 0 Å². The van der Waals surface area contributed by atoms with Crippen molar-refractivity contribution in [3.8, 4) is 5.75 Å². The van der Waals surface area contributed by atoms with Crippen molar-refractivity contribution in [1.82, 2.24) is 0 Å². The molecule has 0 saturated carbocycles. The van der Waals surface area contributed by atoms with Gasteiger partial charge in [0.05, 0.1) is 24.3 Å². The van der Waals surface area contributed by atoms with Gasteiger partial charge in [-0.2, -0.15) is 26.3 Å². The molecule has 0 radical (unpaired) electrons. The third-order valence-electron chi connectivity index (χ3n) is 5.18. The molecule has 0 amide bonds. The van der Waals surface area contributed by atoms with E-state index in [0.29, 0.717) is 44.4 Å². The van der Waals surface area contributed by atoms with E-state index in [1.165, 1.54) is 12.8 Å². The normalized spacial score (nSPS) is 11.5. The van der Waals surface area contributed by atoms with Crippen LogP contribution in [0.5, 0.6) is 5.75 Å².